The minimum absolute atomic E-state index is 0.00204. The lowest BCUT2D eigenvalue weighted by molar-refractivity contribution is 0.121. The van der Waals surface area contributed by atoms with Crippen molar-refractivity contribution in [1.82, 2.24) is 0 Å². The van der Waals surface area contributed by atoms with Crippen molar-refractivity contribution in [2.45, 2.75) is 32.3 Å². The molecule has 0 aliphatic heterocycles. The Morgan fingerprint density at radius 2 is 2.00 bits per heavy atom. The summed E-state index contributed by atoms with van der Waals surface area (Å²) in [6.45, 7) is 4.96. The summed E-state index contributed by atoms with van der Waals surface area (Å²) in [6.07, 6.45) is -0.341. The highest BCUT2D eigenvalue weighted by Gasteiger charge is 2.22. The van der Waals surface area contributed by atoms with Crippen molar-refractivity contribution in [1.29, 1.82) is 0 Å². The Labute approximate surface area is 77.4 Å². The predicted octanol–water partition coefficient (Wildman–Crippen LogP) is 2.16. The van der Waals surface area contributed by atoms with Gasteiger partial charge in [-0.3, -0.25) is 9.05 Å². The van der Waals surface area contributed by atoms with Crippen LogP contribution in [0.25, 0.3) is 0 Å². The van der Waals surface area contributed by atoms with Crippen LogP contribution < -0.4 is 0 Å². The molecule has 0 fully saturated rings. The van der Waals surface area contributed by atoms with Crippen molar-refractivity contribution >= 4 is 19.4 Å². The van der Waals surface area contributed by atoms with E-state index in [-0.39, 0.29) is 18.1 Å². The zero-order valence-corrected chi connectivity index (χ0v) is 9.01. The third-order valence-electron chi connectivity index (χ3n) is 0.811. The van der Waals surface area contributed by atoms with Gasteiger partial charge in [0.2, 0.25) is 0 Å². The van der Waals surface area contributed by atoms with Gasteiger partial charge in [-0.25, -0.2) is 4.57 Å². The van der Waals surface area contributed by atoms with E-state index in [0.29, 0.717) is 0 Å². The van der Waals surface area contributed by atoms with Crippen LogP contribution in [0.5, 0.6) is 0 Å². The fourth-order valence-corrected chi connectivity index (χ4v) is 1.65. The second kappa shape index (κ2) is 5.20. The number of hydrogen-bond acceptors (Lipinski definition) is 3. The molecule has 0 aromatic carbocycles. The summed E-state index contributed by atoms with van der Waals surface area (Å²) in [7, 11) is -3.89. The number of rotatable bonds is 5. The summed E-state index contributed by atoms with van der Waals surface area (Å²) in [5, 5.41) is -0.304. The number of alkyl halides is 1. The van der Waals surface area contributed by atoms with E-state index in [2.05, 4.69) is 9.05 Å². The van der Waals surface area contributed by atoms with Gasteiger partial charge < -0.3 is 4.89 Å². The van der Waals surface area contributed by atoms with Crippen LogP contribution in [-0.2, 0) is 13.6 Å². The maximum atomic E-state index is 11.0. The molecule has 12 heavy (non-hydrogen) atoms. The van der Waals surface area contributed by atoms with E-state index in [4.69, 9.17) is 16.5 Å². The van der Waals surface area contributed by atoms with E-state index in [1.165, 1.54) is 0 Å². The van der Waals surface area contributed by atoms with Crippen molar-refractivity contribution in [3.05, 3.63) is 0 Å². The summed E-state index contributed by atoms with van der Waals surface area (Å²) in [5.74, 6) is 0. The molecule has 2 unspecified atom stereocenters. The second-order valence-electron chi connectivity index (χ2n) is 2.70. The zero-order valence-electron chi connectivity index (χ0n) is 7.36. The van der Waals surface area contributed by atoms with Crippen molar-refractivity contribution in [3.8, 4) is 0 Å². The topological polar surface area (TPSA) is 55.8 Å². The largest absolute Gasteiger partial charge is 0.472 e. The quantitative estimate of drug-likeness (QED) is 0.565. The minimum Gasteiger partial charge on any atom is -0.302 e. The predicted molar refractivity (Wildman–Crippen MR) is 47.3 cm³/mol. The van der Waals surface area contributed by atoms with Crippen LogP contribution in [0.4, 0.5) is 0 Å². The summed E-state index contributed by atoms with van der Waals surface area (Å²) in [4.78, 5) is 8.99. The van der Waals surface area contributed by atoms with Crippen LogP contribution >= 0.6 is 19.4 Å². The molecule has 0 aromatic rings. The van der Waals surface area contributed by atoms with E-state index in [1.807, 2.05) is 0 Å². The third-order valence-corrected chi connectivity index (χ3v) is 2.10. The van der Waals surface area contributed by atoms with Gasteiger partial charge in [0.05, 0.1) is 18.1 Å². The zero-order chi connectivity index (χ0) is 9.78. The molecule has 0 spiro atoms. The SMILES string of the molecule is CC(Cl)COP(=O)(O)OC(C)C. The fourth-order valence-electron chi connectivity index (χ4n) is 0.494. The molecule has 0 saturated carbocycles. The maximum absolute atomic E-state index is 11.0. The average molecular weight is 217 g/mol. The summed E-state index contributed by atoms with van der Waals surface area (Å²) >= 11 is 5.51. The molecule has 0 aromatic heterocycles. The molecular formula is C6H14ClO4P. The van der Waals surface area contributed by atoms with Crippen molar-refractivity contribution in [2.24, 2.45) is 0 Å². The molecule has 0 saturated heterocycles. The van der Waals surface area contributed by atoms with Crippen LogP contribution in [0, 0.1) is 0 Å². The normalized spacial score (nSPS) is 19.2. The average Bonchev–Trinajstić information content (AvgIpc) is 1.81. The number of phosphoric ester groups is 1. The molecule has 4 nitrogen and oxygen atoms in total. The van der Waals surface area contributed by atoms with Gasteiger partial charge in [-0.15, -0.1) is 11.6 Å². The molecule has 0 amide bonds. The molecule has 0 bridgehead atoms. The lowest BCUT2D eigenvalue weighted by Crippen LogP contribution is -2.07. The number of hydrogen-bond donors (Lipinski definition) is 1. The monoisotopic (exact) mass is 216 g/mol. The van der Waals surface area contributed by atoms with Gasteiger partial charge in [-0.05, 0) is 20.8 Å². The van der Waals surface area contributed by atoms with E-state index in [0.717, 1.165) is 0 Å². The molecular weight excluding hydrogens is 202 g/mol. The lowest BCUT2D eigenvalue weighted by atomic mass is 10.5. The van der Waals surface area contributed by atoms with Crippen LogP contribution in [0.1, 0.15) is 20.8 Å². The minimum atomic E-state index is -3.89. The first kappa shape index (κ1) is 12.4. The first-order valence-electron chi connectivity index (χ1n) is 3.63. The molecule has 6 heteroatoms. The van der Waals surface area contributed by atoms with Gasteiger partial charge in [-0.1, -0.05) is 0 Å². The van der Waals surface area contributed by atoms with Gasteiger partial charge in [0.1, 0.15) is 0 Å². The molecule has 0 aliphatic carbocycles. The van der Waals surface area contributed by atoms with Gasteiger partial charge in [0.25, 0.3) is 0 Å². The molecule has 2 atom stereocenters. The lowest BCUT2D eigenvalue weighted by Gasteiger charge is -2.14. The highest BCUT2D eigenvalue weighted by molar-refractivity contribution is 7.47. The van der Waals surface area contributed by atoms with E-state index in [1.54, 1.807) is 20.8 Å². The third kappa shape index (κ3) is 7.07. The Bertz CT molecular complexity index is 171. The maximum Gasteiger partial charge on any atom is 0.472 e. The molecule has 0 radical (unpaired) electrons. The van der Waals surface area contributed by atoms with Gasteiger partial charge in [-0.2, -0.15) is 0 Å². The molecule has 0 aliphatic rings. The fraction of sp³-hybridized carbons (Fsp3) is 1.00. The smallest absolute Gasteiger partial charge is 0.302 e. The first-order chi connectivity index (χ1) is 5.33. The van der Waals surface area contributed by atoms with Gasteiger partial charge in [0.15, 0.2) is 0 Å². The molecule has 0 rings (SSSR count). The highest BCUT2D eigenvalue weighted by atomic mass is 35.5. The second-order valence-corrected chi connectivity index (χ2v) is 4.85. The van der Waals surface area contributed by atoms with E-state index in [9.17, 15) is 4.57 Å². The van der Waals surface area contributed by atoms with Crippen molar-refractivity contribution < 1.29 is 18.5 Å². The molecule has 74 valence electrons. The van der Waals surface area contributed by atoms with Crippen molar-refractivity contribution in [2.75, 3.05) is 6.61 Å². The Kier molecular flexibility index (Phi) is 5.37. The highest BCUT2D eigenvalue weighted by Crippen LogP contribution is 2.44. The number of halogens is 1. The van der Waals surface area contributed by atoms with Crippen LogP contribution in [0.15, 0.2) is 0 Å². The Morgan fingerprint density at radius 3 is 2.33 bits per heavy atom. The summed E-state index contributed by atoms with van der Waals surface area (Å²) < 4.78 is 20.2. The van der Waals surface area contributed by atoms with Crippen LogP contribution in [-0.4, -0.2) is 23.0 Å². The summed E-state index contributed by atoms with van der Waals surface area (Å²) in [6, 6.07) is 0. The number of phosphoric acid groups is 1. The van der Waals surface area contributed by atoms with Crippen LogP contribution in [0.2, 0.25) is 0 Å². The van der Waals surface area contributed by atoms with Crippen LogP contribution in [0.3, 0.4) is 0 Å². The van der Waals surface area contributed by atoms with Gasteiger partial charge >= 0.3 is 7.82 Å². The van der Waals surface area contributed by atoms with E-state index >= 15 is 0 Å². The summed E-state index contributed by atoms with van der Waals surface area (Å²) in [5.41, 5.74) is 0. The Balaban J connectivity index is 3.80. The van der Waals surface area contributed by atoms with Crippen molar-refractivity contribution in [3.63, 3.8) is 0 Å². The van der Waals surface area contributed by atoms with Gasteiger partial charge in [0, 0.05) is 0 Å². The Hall–Kier alpha value is 0.400. The van der Waals surface area contributed by atoms with E-state index < -0.39 is 7.82 Å². The molecule has 1 N–H and O–H groups in total. The molecule has 0 heterocycles. The first-order valence-corrected chi connectivity index (χ1v) is 5.56. The Morgan fingerprint density at radius 1 is 1.50 bits per heavy atom. The standard InChI is InChI=1S/C6H14ClO4P/c1-5(2)11-12(8,9)10-4-6(3)7/h5-6H,4H2,1-3H3,(H,8,9).